The third kappa shape index (κ3) is 7.35. The third-order valence-corrected chi connectivity index (χ3v) is 26.4. The van der Waals surface area contributed by atoms with Gasteiger partial charge in [0, 0.05) is 12.7 Å². The van der Waals surface area contributed by atoms with Gasteiger partial charge in [0.15, 0.2) is 28.0 Å². The zero-order chi connectivity index (χ0) is 35.2. The molecule has 0 N–H and O–H groups in total. The second kappa shape index (κ2) is 13.5. The van der Waals surface area contributed by atoms with Crippen molar-refractivity contribution >= 4 is 24.7 Å². The van der Waals surface area contributed by atoms with E-state index in [1.54, 1.807) is 7.11 Å². The fourth-order valence-corrected chi connectivity index (χ4v) is 13.1. The number of epoxide rings is 1. The Bertz CT molecular complexity index is 1220. The number of rotatable bonds is 12. The smallest absolute Gasteiger partial charge is 0.206 e. The van der Waals surface area contributed by atoms with Gasteiger partial charge in [0.25, 0.3) is 0 Å². The largest absolute Gasteiger partial charge is 0.406 e. The zero-order valence-electron chi connectivity index (χ0n) is 31.7. The summed E-state index contributed by atoms with van der Waals surface area (Å²) in [5.74, 6) is 6.38. The summed E-state index contributed by atoms with van der Waals surface area (Å²) in [5.41, 5.74) is -1.72. The predicted octanol–water partition coefficient (Wildman–Crippen LogP) is 7.93. The molecule has 3 aliphatic rings. The molecule has 2 saturated heterocycles. The molecule has 6 atom stereocenters. The minimum Gasteiger partial charge on any atom is -0.406 e. The molecule has 0 aromatic heterocycles. The topological polar surface area (TPSA) is 91.7 Å². The van der Waals surface area contributed by atoms with Crippen molar-refractivity contribution in [2.75, 3.05) is 20.5 Å². The Morgan fingerprint density at radius 1 is 0.935 bits per heavy atom. The normalized spacial score (nSPS) is 31.7. The van der Waals surface area contributed by atoms with Crippen LogP contribution in [0.2, 0.25) is 54.4 Å². The SMILES string of the molecule is CC[Si](CC)(CC)[C@H]1O[C@]1(C#CC1=C[C@@H](OCOC)[C@H](O[Si](C)(C)C(C)(C)C)[C@@]1(C#N)O[Si](C)(C)C(C)(C)C)[C@H]1COC(C)(C)O1. The monoisotopic (exact) mass is 693 g/mol. The van der Waals surface area contributed by atoms with Crippen LogP contribution in [-0.4, -0.2) is 86.2 Å². The lowest BCUT2D eigenvalue weighted by Gasteiger charge is -2.47. The summed E-state index contributed by atoms with van der Waals surface area (Å²) < 4.78 is 45.2. The maximum Gasteiger partial charge on any atom is 0.206 e. The average molecular weight is 694 g/mol. The standard InChI is InChI=1S/C35H63NO7Si3/c1-17-46(18-2,19-3)30-34(41-30,28-23-39-33(10,11)40-28)21-20-26-22-27(38-25-37-12)29(42-44(13,14)31(4,5)6)35(26,24-36)43-45(15,16)32(7,8)9/h22,27-30H,17-19,23,25H2,1-16H3/t27-,28-,29+,30-,34-,35+/m1/s1. The Labute approximate surface area is 283 Å². The van der Waals surface area contributed by atoms with Crippen LogP contribution in [0.5, 0.6) is 0 Å². The van der Waals surface area contributed by atoms with Gasteiger partial charge in [-0.05, 0) is 56.2 Å². The quantitative estimate of drug-likeness (QED) is 0.0881. The number of nitrogens with zero attached hydrogens (tertiary/aromatic N) is 1. The first-order chi connectivity index (χ1) is 21.0. The lowest BCUT2D eigenvalue weighted by molar-refractivity contribution is -0.143. The molecule has 2 heterocycles. The van der Waals surface area contributed by atoms with Crippen LogP contribution in [-0.2, 0) is 32.5 Å². The van der Waals surface area contributed by atoms with Crippen LogP contribution in [0, 0.1) is 23.2 Å². The van der Waals surface area contributed by atoms with Gasteiger partial charge in [0.1, 0.15) is 31.2 Å². The van der Waals surface area contributed by atoms with Crippen molar-refractivity contribution in [2.45, 2.75) is 172 Å². The molecule has 0 aromatic carbocycles. The minimum atomic E-state index is -2.55. The molecule has 0 unspecified atom stereocenters. The van der Waals surface area contributed by atoms with E-state index in [0.717, 1.165) is 18.1 Å². The Kier molecular flexibility index (Phi) is 11.6. The Balaban J connectivity index is 2.25. The number of nitriles is 1. The first-order valence-corrected chi connectivity index (χ1v) is 25.6. The maximum absolute atomic E-state index is 11.3. The van der Waals surface area contributed by atoms with Gasteiger partial charge in [-0.1, -0.05) is 92.3 Å². The van der Waals surface area contributed by atoms with E-state index in [9.17, 15) is 5.26 Å². The lowest BCUT2D eigenvalue weighted by Crippen LogP contribution is -2.60. The van der Waals surface area contributed by atoms with Gasteiger partial charge in [-0.3, -0.25) is 0 Å². The molecule has 1 aliphatic carbocycles. The molecule has 46 heavy (non-hydrogen) atoms. The van der Waals surface area contributed by atoms with Crippen LogP contribution >= 0.6 is 0 Å². The molecule has 0 saturated carbocycles. The highest BCUT2D eigenvalue weighted by Crippen LogP contribution is 2.53. The van der Waals surface area contributed by atoms with Crippen molar-refractivity contribution < 1.29 is 32.5 Å². The summed E-state index contributed by atoms with van der Waals surface area (Å²) in [4.78, 5) is 0. The molecular weight excluding hydrogens is 631 g/mol. The van der Waals surface area contributed by atoms with Crippen LogP contribution in [0.25, 0.3) is 0 Å². The zero-order valence-corrected chi connectivity index (χ0v) is 34.7. The maximum atomic E-state index is 11.3. The minimum absolute atomic E-state index is 0.00890. The number of methoxy groups -OCH3 is 1. The first-order valence-electron chi connectivity index (χ1n) is 17.1. The fraction of sp³-hybridized carbons (Fsp3) is 0.857. The molecule has 0 bridgehead atoms. The van der Waals surface area contributed by atoms with Crippen molar-refractivity contribution in [3.63, 3.8) is 0 Å². The van der Waals surface area contributed by atoms with Crippen LogP contribution in [0.3, 0.4) is 0 Å². The van der Waals surface area contributed by atoms with E-state index in [4.69, 9.17) is 32.5 Å². The average Bonchev–Trinajstić information content (AvgIpc) is 3.47. The molecule has 0 aromatic rings. The van der Waals surface area contributed by atoms with E-state index in [-0.39, 0.29) is 28.7 Å². The third-order valence-electron chi connectivity index (χ3n) is 11.6. The fourth-order valence-electron chi connectivity index (χ4n) is 6.17. The summed E-state index contributed by atoms with van der Waals surface area (Å²) in [6.45, 7) is 33.0. The molecule has 262 valence electrons. The molecule has 0 amide bonds. The van der Waals surface area contributed by atoms with Crippen molar-refractivity contribution in [1.29, 1.82) is 5.26 Å². The molecule has 2 fully saturated rings. The van der Waals surface area contributed by atoms with Crippen molar-refractivity contribution in [2.24, 2.45) is 0 Å². The molecule has 0 spiro atoms. The van der Waals surface area contributed by atoms with Crippen molar-refractivity contribution in [3.05, 3.63) is 11.6 Å². The summed E-state index contributed by atoms with van der Waals surface area (Å²) in [7, 11) is -5.21. The van der Waals surface area contributed by atoms with Crippen molar-refractivity contribution in [1.82, 2.24) is 0 Å². The Hall–Kier alpha value is -0.839. The highest BCUT2D eigenvalue weighted by Gasteiger charge is 2.70. The second-order valence-corrected chi connectivity index (χ2v) is 31.8. The lowest BCUT2D eigenvalue weighted by atomic mass is 9.94. The van der Waals surface area contributed by atoms with Crippen LogP contribution in [0.15, 0.2) is 11.6 Å². The van der Waals surface area contributed by atoms with Crippen LogP contribution in [0.4, 0.5) is 0 Å². The molecule has 11 heteroatoms. The van der Waals surface area contributed by atoms with Crippen LogP contribution in [0.1, 0.15) is 76.2 Å². The second-order valence-electron chi connectivity index (χ2n) is 16.9. The van der Waals surface area contributed by atoms with Gasteiger partial charge in [-0.25, -0.2) is 0 Å². The summed E-state index contributed by atoms with van der Waals surface area (Å²) in [6.07, 6.45) is 0.288. The predicted molar refractivity (Wildman–Crippen MR) is 191 cm³/mol. The summed E-state index contributed by atoms with van der Waals surface area (Å²) in [5, 5.41) is 11.0. The van der Waals surface area contributed by atoms with Crippen LogP contribution < -0.4 is 0 Å². The van der Waals surface area contributed by atoms with Gasteiger partial charge in [0.2, 0.25) is 5.60 Å². The number of hydrogen-bond donors (Lipinski definition) is 0. The summed E-state index contributed by atoms with van der Waals surface area (Å²) in [6, 6.07) is 5.92. The number of ether oxygens (including phenoxy) is 5. The highest BCUT2D eigenvalue weighted by molar-refractivity contribution is 6.82. The molecule has 2 aliphatic heterocycles. The van der Waals surface area contributed by atoms with Gasteiger partial charge in [-0.2, -0.15) is 5.26 Å². The number of hydrogen-bond acceptors (Lipinski definition) is 8. The van der Waals surface area contributed by atoms with Gasteiger partial charge < -0.3 is 32.5 Å². The Morgan fingerprint density at radius 3 is 1.93 bits per heavy atom. The van der Waals surface area contributed by atoms with E-state index >= 15 is 0 Å². The van der Waals surface area contributed by atoms with E-state index in [2.05, 4.69) is 106 Å². The Morgan fingerprint density at radius 2 is 1.50 bits per heavy atom. The van der Waals surface area contributed by atoms with Gasteiger partial charge in [-0.15, -0.1) is 0 Å². The van der Waals surface area contributed by atoms with E-state index < -0.39 is 53.9 Å². The highest BCUT2D eigenvalue weighted by atomic mass is 28.4. The van der Waals surface area contributed by atoms with E-state index in [1.165, 1.54) is 0 Å². The van der Waals surface area contributed by atoms with Crippen molar-refractivity contribution in [3.8, 4) is 17.9 Å². The van der Waals surface area contributed by atoms with Gasteiger partial charge in [0.05, 0.1) is 20.4 Å². The molecule has 3 rings (SSSR count). The first kappa shape index (κ1) is 39.6. The molecular formula is C35H63NO7Si3. The molecule has 8 nitrogen and oxygen atoms in total. The summed E-state index contributed by atoms with van der Waals surface area (Å²) >= 11 is 0. The van der Waals surface area contributed by atoms with Gasteiger partial charge >= 0.3 is 0 Å². The van der Waals surface area contributed by atoms with E-state index in [1.807, 2.05) is 19.9 Å². The molecule has 0 radical (unpaired) electrons. The van der Waals surface area contributed by atoms with E-state index in [0.29, 0.717) is 12.2 Å².